The molecule has 0 spiro atoms. The van der Waals surface area contributed by atoms with Crippen LogP contribution in [0.3, 0.4) is 0 Å². The first-order chi connectivity index (χ1) is 10.6. The number of hydrogen-bond donors (Lipinski definition) is 1. The molecule has 0 fully saturated rings. The van der Waals surface area contributed by atoms with Gasteiger partial charge in [-0.2, -0.15) is 0 Å². The van der Waals surface area contributed by atoms with Gasteiger partial charge in [0.15, 0.2) is 11.6 Å². The summed E-state index contributed by atoms with van der Waals surface area (Å²) in [5, 5.41) is 0. The number of hydrogen-bond acceptors (Lipinski definition) is 4. The van der Waals surface area contributed by atoms with Crippen LogP contribution in [0.4, 0.5) is 4.39 Å². The highest BCUT2D eigenvalue weighted by Crippen LogP contribution is 2.28. The van der Waals surface area contributed by atoms with Gasteiger partial charge in [0, 0.05) is 6.04 Å². The third-order valence-corrected chi connectivity index (χ3v) is 3.05. The number of ether oxygens (including phenoxy) is 2. The molecule has 0 aliphatic rings. The van der Waals surface area contributed by atoms with Crippen LogP contribution in [0.25, 0.3) is 0 Å². The van der Waals surface area contributed by atoms with Crippen molar-refractivity contribution in [3.63, 3.8) is 0 Å². The fourth-order valence-corrected chi connectivity index (χ4v) is 1.96. The van der Waals surface area contributed by atoms with E-state index in [9.17, 15) is 9.18 Å². The Bertz CT molecular complexity index is 631. The van der Waals surface area contributed by atoms with E-state index in [1.54, 1.807) is 31.2 Å². The molecule has 4 nitrogen and oxygen atoms in total. The van der Waals surface area contributed by atoms with Gasteiger partial charge in [-0.25, -0.2) is 4.39 Å². The molecule has 2 aromatic rings. The maximum atomic E-state index is 13.8. The summed E-state index contributed by atoms with van der Waals surface area (Å²) in [6.07, 6.45) is 0.0320. The van der Waals surface area contributed by atoms with Gasteiger partial charge < -0.3 is 15.2 Å². The van der Waals surface area contributed by atoms with Crippen molar-refractivity contribution in [2.75, 3.05) is 6.61 Å². The van der Waals surface area contributed by atoms with E-state index in [2.05, 4.69) is 0 Å². The lowest BCUT2D eigenvalue weighted by molar-refractivity contribution is -0.143. The van der Waals surface area contributed by atoms with Crippen LogP contribution < -0.4 is 10.5 Å². The second-order valence-corrected chi connectivity index (χ2v) is 4.72. The molecule has 0 aliphatic heterocycles. The van der Waals surface area contributed by atoms with Crippen LogP contribution in [0.2, 0.25) is 0 Å². The standard InChI is InChI=1S/C17H18FNO3/c1-2-21-17(20)11-15(19)12-8-9-14(18)16(10-12)22-13-6-4-3-5-7-13/h3-10,15H,2,11,19H2,1H3/t15-/m1/s1. The molecule has 116 valence electrons. The van der Waals surface area contributed by atoms with Crippen LogP contribution in [-0.4, -0.2) is 12.6 Å². The molecule has 2 rings (SSSR count). The smallest absolute Gasteiger partial charge is 0.307 e. The number of carbonyl (C=O) groups is 1. The van der Waals surface area contributed by atoms with Gasteiger partial charge in [0.05, 0.1) is 13.0 Å². The number of halogens is 1. The Labute approximate surface area is 128 Å². The maximum absolute atomic E-state index is 13.8. The van der Waals surface area contributed by atoms with Crippen molar-refractivity contribution in [1.29, 1.82) is 0 Å². The zero-order valence-electron chi connectivity index (χ0n) is 12.3. The Hall–Kier alpha value is -2.40. The average molecular weight is 303 g/mol. The summed E-state index contributed by atoms with van der Waals surface area (Å²) in [6.45, 7) is 2.03. The Morgan fingerprint density at radius 1 is 1.23 bits per heavy atom. The fourth-order valence-electron chi connectivity index (χ4n) is 1.96. The Morgan fingerprint density at radius 3 is 2.64 bits per heavy atom. The van der Waals surface area contributed by atoms with Crippen LogP contribution in [0, 0.1) is 5.82 Å². The van der Waals surface area contributed by atoms with Crippen molar-refractivity contribution in [3.8, 4) is 11.5 Å². The summed E-state index contributed by atoms with van der Waals surface area (Å²) in [5.41, 5.74) is 6.57. The van der Waals surface area contributed by atoms with Gasteiger partial charge in [0.2, 0.25) is 0 Å². The van der Waals surface area contributed by atoms with E-state index in [4.69, 9.17) is 15.2 Å². The molecule has 0 heterocycles. The summed E-state index contributed by atoms with van der Waals surface area (Å²) in [4.78, 5) is 11.5. The first-order valence-electron chi connectivity index (χ1n) is 7.03. The van der Waals surface area contributed by atoms with E-state index in [0.717, 1.165) is 0 Å². The molecule has 0 saturated carbocycles. The molecule has 0 saturated heterocycles. The molecule has 0 amide bonds. The van der Waals surface area contributed by atoms with Crippen LogP contribution in [0.1, 0.15) is 24.9 Å². The molecule has 1 atom stereocenters. The molecule has 2 N–H and O–H groups in total. The van der Waals surface area contributed by atoms with Crippen molar-refractivity contribution in [2.24, 2.45) is 5.73 Å². The first kappa shape index (κ1) is 16.0. The van der Waals surface area contributed by atoms with Gasteiger partial charge in [-0.1, -0.05) is 24.3 Å². The van der Waals surface area contributed by atoms with Crippen molar-refractivity contribution in [1.82, 2.24) is 0 Å². The highest BCUT2D eigenvalue weighted by molar-refractivity contribution is 5.70. The number of nitrogens with two attached hydrogens (primary N) is 1. The van der Waals surface area contributed by atoms with Gasteiger partial charge >= 0.3 is 5.97 Å². The van der Waals surface area contributed by atoms with Crippen molar-refractivity contribution >= 4 is 5.97 Å². The molecule has 5 heteroatoms. The summed E-state index contributed by atoms with van der Waals surface area (Å²) < 4.78 is 24.2. The lowest BCUT2D eigenvalue weighted by Gasteiger charge is -2.13. The number of para-hydroxylation sites is 1. The molecule has 22 heavy (non-hydrogen) atoms. The van der Waals surface area contributed by atoms with E-state index in [-0.39, 0.29) is 18.1 Å². The highest BCUT2D eigenvalue weighted by Gasteiger charge is 2.15. The van der Waals surface area contributed by atoms with E-state index >= 15 is 0 Å². The molecular formula is C17H18FNO3. The molecule has 0 aliphatic carbocycles. The predicted octanol–water partition coefficient (Wildman–Crippen LogP) is 3.57. The number of rotatable bonds is 6. The largest absolute Gasteiger partial charge is 0.466 e. The quantitative estimate of drug-likeness (QED) is 0.829. The third-order valence-electron chi connectivity index (χ3n) is 3.05. The van der Waals surface area contributed by atoms with Gasteiger partial charge in [0.25, 0.3) is 0 Å². The Kier molecular flexibility index (Phi) is 5.49. The van der Waals surface area contributed by atoms with E-state index in [1.807, 2.05) is 6.07 Å². The second-order valence-electron chi connectivity index (χ2n) is 4.72. The number of esters is 1. The van der Waals surface area contributed by atoms with Crippen LogP contribution in [0.15, 0.2) is 48.5 Å². The van der Waals surface area contributed by atoms with E-state index in [1.165, 1.54) is 18.2 Å². The van der Waals surface area contributed by atoms with Gasteiger partial charge in [-0.15, -0.1) is 0 Å². The SMILES string of the molecule is CCOC(=O)C[C@@H](N)c1ccc(F)c(Oc2ccccc2)c1. The van der Waals surface area contributed by atoms with Crippen molar-refractivity contribution < 1.29 is 18.7 Å². The first-order valence-corrected chi connectivity index (χ1v) is 7.03. The summed E-state index contributed by atoms with van der Waals surface area (Å²) >= 11 is 0. The molecule has 2 aromatic carbocycles. The second kappa shape index (κ2) is 7.56. The average Bonchev–Trinajstić information content (AvgIpc) is 2.50. The van der Waals surface area contributed by atoms with Crippen LogP contribution in [0.5, 0.6) is 11.5 Å². The van der Waals surface area contributed by atoms with Gasteiger partial charge in [0.1, 0.15) is 5.75 Å². The maximum Gasteiger partial charge on any atom is 0.307 e. The zero-order chi connectivity index (χ0) is 15.9. The minimum absolute atomic E-state index is 0.0320. The van der Waals surface area contributed by atoms with Crippen molar-refractivity contribution in [3.05, 3.63) is 59.9 Å². The highest BCUT2D eigenvalue weighted by atomic mass is 19.1. The minimum atomic E-state index is -0.572. The zero-order valence-corrected chi connectivity index (χ0v) is 12.3. The summed E-state index contributed by atoms with van der Waals surface area (Å²) in [5.74, 6) is -0.277. The topological polar surface area (TPSA) is 61.5 Å². The predicted molar refractivity (Wildman–Crippen MR) is 81.1 cm³/mol. The van der Waals surface area contributed by atoms with E-state index < -0.39 is 11.9 Å². The molecule has 0 aromatic heterocycles. The van der Waals surface area contributed by atoms with E-state index in [0.29, 0.717) is 17.9 Å². The fraction of sp³-hybridized carbons (Fsp3) is 0.235. The van der Waals surface area contributed by atoms with Gasteiger partial charge in [-0.3, -0.25) is 4.79 Å². The normalized spacial score (nSPS) is 11.8. The Balaban J connectivity index is 2.14. The van der Waals surface area contributed by atoms with Crippen LogP contribution in [-0.2, 0) is 9.53 Å². The molecule has 0 bridgehead atoms. The third kappa shape index (κ3) is 4.30. The monoisotopic (exact) mass is 303 g/mol. The number of carbonyl (C=O) groups excluding carboxylic acids is 1. The van der Waals surface area contributed by atoms with Crippen molar-refractivity contribution in [2.45, 2.75) is 19.4 Å². The lowest BCUT2D eigenvalue weighted by atomic mass is 10.0. The Morgan fingerprint density at radius 2 is 1.95 bits per heavy atom. The summed E-state index contributed by atoms with van der Waals surface area (Å²) in [6, 6.07) is 12.6. The molecular weight excluding hydrogens is 285 g/mol. The summed E-state index contributed by atoms with van der Waals surface area (Å²) in [7, 11) is 0. The lowest BCUT2D eigenvalue weighted by Crippen LogP contribution is -2.17. The van der Waals surface area contributed by atoms with Crippen LogP contribution >= 0.6 is 0 Å². The minimum Gasteiger partial charge on any atom is -0.466 e. The number of benzene rings is 2. The molecule has 0 unspecified atom stereocenters. The van der Waals surface area contributed by atoms with Gasteiger partial charge in [-0.05, 0) is 36.8 Å². The molecule has 0 radical (unpaired) electrons.